The topological polar surface area (TPSA) is 70.7 Å². The van der Waals surface area contributed by atoms with Crippen molar-refractivity contribution < 1.29 is 14.3 Å². The van der Waals surface area contributed by atoms with E-state index in [-0.39, 0.29) is 24.0 Å². The number of hydrogen-bond acceptors (Lipinski definition) is 4. The van der Waals surface area contributed by atoms with E-state index in [0.717, 1.165) is 29.7 Å². The van der Waals surface area contributed by atoms with Crippen LogP contribution in [0.2, 0.25) is 0 Å². The highest BCUT2D eigenvalue weighted by atomic mass is 16.5. The summed E-state index contributed by atoms with van der Waals surface area (Å²) < 4.78 is 5.44. The van der Waals surface area contributed by atoms with Crippen LogP contribution in [0.5, 0.6) is 0 Å². The lowest BCUT2D eigenvalue weighted by atomic mass is 10.1. The first-order valence-corrected chi connectivity index (χ1v) is 10.7. The van der Waals surface area contributed by atoms with Crippen LogP contribution in [0.1, 0.15) is 66.1 Å². The molecule has 2 N–H and O–H groups in total. The Balaban J connectivity index is 1.79. The standard InChI is InChI=1S/C24H31N3O3/c1-4-17(3)25-23(28)18-10-8-11-19(16-18)26-22-20-12-6-7-13-21(20)24(29)27(22)14-9-15-30-5-2/h6-8,10-13,16-17,22,26H,4-5,9,14-15H2,1-3H3,(H,25,28)/t17-,22-/m0/s1. The fraction of sp³-hybridized carbons (Fsp3) is 0.417. The van der Waals surface area contributed by atoms with Crippen molar-refractivity contribution in [1.29, 1.82) is 0 Å². The first-order chi connectivity index (χ1) is 14.5. The van der Waals surface area contributed by atoms with Crippen LogP contribution in [0.4, 0.5) is 5.69 Å². The third kappa shape index (κ3) is 5.00. The van der Waals surface area contributed by atoms with Gasteiger partial charge in [0.1, 0.15) is 6.17 Å². The highest BCUT2D eigenvalue weighted by Crippen LogP contribution is 2.34. The van der Waals surface area contributed by atoms with Crippen molar-refractivity contribution in [2.45, 2.75) is 45.8 Å². The molecular weight excluding hydrogens is 378 g/mol. The fourth-order valence-electron chi connectivity index (χ4n) is 3.55. The van der Waals surface area contributed by atoms with E-state index >= 15 is 0 Å². The molecule has 2 aromatic rings. The van der Waals surface area contributed by atoms with E-state index in [1.165, 1.54) is 0 Å². The van der Waals surface area contributed by atoms with Crippen LogP contribution >= 0.6 is 0 Å². The first-order valence-electron chi connectivity index (χ1n) is 10.7. The third-order valence-corrected chi connectivity index (χ3v) is 5.37. The van der Waals surface area contributed by atoms with Crippen LogP contribution in [0.3, 0.4) is 0 Å². The van der Waals surface area contributed by atoms with Gasteiger partial charge < -0.3 is 20.3 Å². The molecular formula is C24H31N3O3. The molecule has 1 heterocycles. The van der Waals surface area contributed by atoms with Gasteiger partial charge in [-0.3, -0.25) is 9.59 Å². The number of nitrogens with zero attached hydrogens (tertiary/aromatic N) is 1. The second-order valence-corrected chi connectivity index (χ2v) is 7.55. The van der Waals surface area contributed by atoms with Crippen LogP contribution in [0, 0.1) is 0 Å². The number of nitrogens with one attached hydrogen (secondary N) is 2. The maximum absolute atomic E-state index is 13.0. The Morgan fingerprint density at radius 1 is 1.17 bits per heavy atom. The van der Waals surface area contributed by atoms with Gasteiger partial charge in [0, 0.05) is 48.2 Å². The molecule has 2 amide bonds. The highest BCUT2D eigenvalue weighted by Gasteiger charge is 2.36. The zero-order valence-electron chi connectivity index (χ0n) is 18.0. The molecule has 6 nitrogen and oxygen atoms in total. The molecule has 1 aliphatic rings. The Morgan fingerprint density at radius 3 is 2.73 bits per heavy atom. The smallest absolute Gasteiger partial charge is 0.256 e. The predicted molar refractivity (Wildman–Crippen MR) is 119 cm³/mol. The van der Waals surface area contributed by atoms with Gasteiger partial charge in [0.05, 0.1) is 0 Å². The number of rotatable bonds is 10. The summed E-state index contributed by atoms with van der Waals surface area (Å²) in [6.07, 6.45) is 1.37. The van der Waals surface area contributed by atoms with E-state index in [1.54, 1.807) is 6.07 Å². The summed E-state index contributed by atoms with van der Waals surface area (Å²) in [6, 6.07) is 15.2. The largest absolute Gasteiger partial charge is 0.382 e. The first kappa shape index (κ1) is 21.8. The van der Waals surface area contributed by atoms with Crippen LogP contribution in [0.25, 0.3) is 0 Å². The average Bonchev–Trinajstić information content (AvgIpc) is 3.02. The molecule has 0 bridgehead atoms. The van der Waals surface area contributed by atoms with Crippen molar-refractivity contribution in [1.82, 2.24) is 10.2 Å². The Morgan fingerprint density at radius 2 is 1.97 bits per heavy atom. The molecule has 0 fully saturated rings. The minimum Gasteiger partial charge on any atom is -0.382 e. The third-order valence-electron chi connectivity index (χ3n) is 5.37. The molecule has 0 saturated carbocycles. The quantitative estimate of drug-likeness (QED) is 0.577. The molecule has 3 rings (SSSR count). The second-order valence-electron chi connectivity index (χ2n) is 7.55. The summed E-state index contributed by atoms with van der Waals surface area (Å²) in [6.45, 7) is 7.87. The molecule has 0 saturated heterocycles. The zero-order valence-corrected chi connectivity index (χ0v) is 18.0. The van der Waals surface area contributed by atoms with Crippen LogP contribution in [0.15, 0.2) is 48.5 Å². The highest BCUT2D eigenvalue weighted by molar-refractivity contribution is 5.99. The number of benzene rings is 2. The molecule has 1 aliphatic heterocycles. The normalized spacial score (nSPS) is 16.3. The van der Waals surface area contributed by atoms with Crippen LogP contribution in [-0.4, -0.2) is 42.5 Å². The van der Waals surface area contributed by atoms with Gasteiger partial charge in [0.25, 0.3) is 11.8 Å². The molecule has 160 valence electrons. The minimum atomic E-state index is -0.275. The Bertz CT molecular complexity index is 884. The van der Waals surface area contributed by atoms with Gasteiger partial charge in [0.15, 0.2) is 0 Å². The molecule has 2 aromatic carbocycles. The lowest BCUT2D eigenvalue weighted by molar-refractivity contribution is 0.0708. The fourth-order valence-corrected chi connectivity index (χ4v) is 3.55. The lowest BCUT2D eigenvalue weighted by Crippen LogP contribution is -2.34. The minimum absolute atomic E-state index is 0.0188. The second kappa shape index (κ2) is 10.3. The molecule has 6 heteroatoms. The zero-order chi connectivity index (χ0) is 21.5. The number of anilines is 1. The summed E-state index contributed by atoms with van der Waals surface area (Å²) in [5.74, 6) is -0.0743. The lowest BCUT2D eigenvalue weighted by Gasteiger charge is -2.27. The van der Waals surface area contributed by atoms with Crippen molar-refractivity contribution in [3.8, 4) is 0 Å². The molecule has 0 radical (unpaired) electrons. The van der Waals surface area contributed by atoms with Gasteiger partial charge in [-0.25, -0.2) is 0 Å². The van der Waals surface area contributed by atoms with Crippen molar-refractivity contribution in [3.05, 3.63) is 65.2 Å². The summed E-state index contributed by atoms with van der Waals surface area (Å²) in [5, 5.41) is 6.46. The number of fused-ring (bicyclic) bond motifs is 1. The molecule has 0 spiro atoms. The number of hydrogen-bond donors (Lipinski definition) is 2. The predicted octanol–water partition coefficient (Wildman–Crippen LogP) is 4.21. The van der Waals surface area contributed by atoms with Crippen LogP contribution < -0.4 is 10.6 Å². The Hall–Kier alpha value is -2.86. The van der Waals surface area contributed by atoms with E-state index in [0.29, 0.717) is 25.3 Å². The molecule has 30 heavy (non-hydrogen) atoms. The van der Waals surface area contributed by atoms with E-state index in [9.17, 15) is 9.59 Å². The maximum atomic E-state index is 13.0. The van der Waals surface area contributed by atoms with Gasteiger partial charge in [-0.15, -0.1) is 0 Å². The Labute approximate surface area is 178 Å². The Kier molecular flexibility index (Phi) is 7.46. The van der Waals surface area contributed by atoms with E-state index < -0.39 is 0 Å². The summed E-state index contributed by atoms with van der Waals surface area (Å²) >= 11 is 0. The maximum Gasteiger partial charge on any atom is 0.256 e. The average molecular weight is 410 g/mol. The summed E-state index contributed by atoms with van der Waals surface area (Å²) in [4.78, 5) is 27.3. The monoisotopic (exact) mass is 409 g/mol. The number of amides is 2. The van der Waals surface area contributed by atoms with Gasteiger partial charge in [-0.05, 0) is 51.0 Å². The molecule has 0 unspecified atom stereocenters. The van der Waals surface area contributed by atoms with Crippen molar-refractivity contribution in [2.24, 2.45) is 0 Å². The van der Waals surface area contributed by atoms with Crippen molar-refractivity contribution >= 4 is 17.5 Å². The van der Waals surface area contributed by atoms with Crippen LogP contribution in [-0.2, 0) is 4.74 Å². The van der Waals surface area contributed by atoms with E-state index in [2.05, 4.69) is 10.6 Å². The molecule has 0 aromatic heterocycles. The van der Waals surface area contributed by atoms with Gasteiger partial charge >= 0.3 is 0 Å². The van der Waals surface area contributed by atoms with Gasteiger partial charge in [-0.1, -0.05) is 31.2 Å². The molecule has 0 aliphatic carbocycles. The summed E-state index contributed by atoms with van der Waals surface area (Å²) in [5.41, 5.74) is 3.07. The van der Waals surface area contributed by atoms with Gasteiger partial charge in [-0.2, -0.15) is 0 Å². The van der Waals surface area contributed by atoms with E-state index in [4.69, 9.17) is 4.74 Å². The summed E-state index contributed by atoms with van der Waals surface area (Å²) in [7, 11) is 0. The van der Waals surface area contributed by atoms with E-state index in [1.807, 2.05) is 68.1 Å². The number of carbonyl (C=O) groups is 2. The van der Waals surface area contributed by atoms with Crippen molar-refractivity contribution in [2.75, 3.05) is 25.1 Å². The SMILES string of the molecule is CCOCCCN1C(=O)c2ccccc2[C@H]1Nc1cccc(C(=O)N[C@@H](C)CC)c1. The van der Waals surface area contributed by atoms with Gasteiger partial charge in [0.2, 0.25) is 0 Å². The number of ether oxygens (including phenoxy) is 1. The molecule has 2 atom stereocenters. The number of carbonyl (C=O) groups excluding carboxylic acids is 2. The van der Waals surface area contributed by atoms with Crippen molar-refractivity contribution in [3.63, 3.8) is 0 Å².